The van der Waals surface area contributed by atoms with Crippen molar-refractivity contribution >= 4 is 33.5 Å². The van der Waals surface area contributed by atoms with Crippen LogP contribution in [-0.2, 0) is 35.4 Å². The second kappa shape index (κ2) is 18.4. The van der Waals surface area contributed by atoms with Gasteiger partial charge in [0.25, 0.3) is 5.91 Å². The first-order valence-electron chi connectivity index (χ1n) is 19.4. The van der Waals surface area contributed by atoms with Gasteiger partial charge < -0.3 is 26.4 Å². The molecule has 2 aromatic rings. The van der Waals surface area contributed by atoms with E-state index in [2.05, 4.69) is 25.8 Å². The first kappa shape index (κ1) is 43.8. The molecular weight excluding hydrogens is 721 g/mol. The summed E-state index contributed by atoms with van der Waals surface area (Å²) < 4.78 is 31.0. The van der Waals surface area contributed by atoms with Crippen LogP contribution in [0.4, 0.5) is 0 Å². The Hall–Kier alpha value is -3.88. The average molecular weight is 783 g/mol. The Morgan fingerprint density at radius 1 is 0.964 bits per heavy atom. The molecule has 2 heterocycles. The van der Waals surface area contributed by atoms with Gasteiger partial charge in [0, 0.05) is 37.3 Å². The third kappa shape index (κ3) is 11.8. The zero-order valence-corrected chi connectivity index (χ0v) is 34.5. The first-order chi connectivity index (χ1) is 25.7. The minimum Gasteiger partial charge on any atom is -0.458 e. The number of hydrogen-bond donors (Lipinski definition) is 4. The molecule has 0 spiro atoms. The standard InChI is InChI=1S/C41H62N6O7S/c1-26(2)34(42)39(51)54-33(25-47-24-30-18-13-12-17-28(30)22-32(47)37(49)46-40(3,4)5)31(21-27-15-10-9-11-16-27)44-38(50)35(41(6,7)55(8,52)53)45-36(48)29-19-14-20-43-23-29/h9-11,14-16,19-20,23,26,28,30-35H,12-13,17-18,21-22,24-25,42H2,1-8H3,(H,44,50)(H,45,48)(H,46,49). The van der Waals surface area contributed by atoms with Crippen LogP contribution < -0.4 is 21.7 Å². The fourth-order valence-electron chi connectivity index (χ4n) is 7.49. The van der Waals surface area contributed by atoms with Gasteiger partial charge in [-0.2, -0.15) is 0 Å². The fourth-order valence-corrected chi connectivity index (χ4v) is 8.09. The molecule has 14 heteroatoms. The van der Waals surface area contributed by atoms with E-state index in [-0.39, 0.29) is 30.4 Å². The van der Waals surface area contributed by atoms with Gasteiger partial charge >= 0.3 is 5.97 Å². The number of hydrogen-bond acceptors (Lipinski definition) is 10. The number of piperidine rings is 1. The fraction of sp³-hybridized carbons (Fsp3) is 0.634. The number of aromatic nitrogens is 1. The van der Waals surface area contributed by atoms with E-state index < -0.39 is 68.2 Å². The average Bonchev–Trinajstić information content (AvgIpc) is 3.11. The summed E-state index contributed by atoms with van der Waals surface area (Å²) in [7, 11) is -3.94. The zero-order chi connectivity index (χ0) is 40.7. The SMILES string of the molecule is CC(C)C(N)C(=O)OC(CN1CC2CCCCC2CC1C(=O)NC(C)(C)C)C(Cc1ccccc1)NC(=O)C(NC(=O)c1cccnc1)C(C)(C)S(C)(=O)=O. The van der Waals surface area contributed by atoms with Crippen molar-refractivity contribution in [3.05, 3.63) is 66.0 Å². The normalized spacial score (nSPS) is 21.7. The highest BCUT2D eigenvalue weighted by Crippen LogP contribution is 2.39. The number of likely N-dealkylation sites (tertiary alicyclic amines) is 1. The maximum absolute atomic E-state index is 14.6. The van der Waals surface area contributed by atoms with Crippen molar-refractivity contribution in [1.29, 1.82) is 0 Å². The molecular formula is C41H62N6O7S. The number of nitrogens with two attached hydrogens (primary N) is 1. The predicted molar refractivity (Wildman–Crippen MR) is 213 cm³/mol. The summed E-state index contributed by atoms with van der Waals surface area (Å²) in [5.74, 6) is -1.74. The second-order valence-corrected chi connectivity index (χ2v) is 19.9. The number of sulfone groups is 1. The van der Waals surface area contributed by atoms with Gasteiger partial charge in [0.1, 0.15) is 18.2 Å². The Kier molecular flexibility index (Phi) is 14.6. The van der Waals surface area contributed by atoms with Gasteiger partial charge in [-0.3, -0.25) is 29.1 Å². The van der Waals surface area contributed by atoms with Crippen LogP contribution in [0.1, 0.15) is 96.5 Å². The molecule has 1 aliphatic heterocycles. The Morgan fingerprint density at radius 2 is 1.62 bits per heavy atom. The summed E-state index contributed by atoms with van der Waals surface area (Å²) >= 11 is 0. The zero-order valence-electron chi connectivity index (χ0n) is 33.7. The van der Waals surface area contributed by atoms with Gasteiger partial charge in [0.15, 0.2) is 9.84 Å². The maximum Gasteiger partial charge on any atom is 0.323 e. The Bertz CT molecular complexity index is 1730. The van der Waals surface area contributed by atoms with E-state index in [0.717, 1.165) is 37.5 Å². The number of nitrogens with one attached hydrogen (secondary N) is 3. The van der Waals surface area contributed by atoms with Crippen molar-refractivity contribution in [2.24, 2.45) is 23.5 Å². The number of pyridine rings is 1. The molecule has 7 unspecified atom stereocenters. The van der Waals surface area contributed by atoms with E-state index in [1.807, 2.05) is 65.0 Å². The smallest absolute Gasteiger partial charge is 0.323 e. The van der Waals surface area contributed by atoms with Crippen LogP contribution in [0.3, 0.4) is 0 Å². The topological polar surface area (TPSA) is 190 Å². The summed E-state index contributed by atoms with van der Waals surface area (Å²) in [6.07, 6.45) is 7.95. The van der Waals surface area contributed by atoms with Gasteiger partial charge in [-0.05, 0) is 89.3 Å². The Labute approximate surface area is 327 Å². The molecule has 0 bridgehead atoms. The van der Waals surface area contributed by atoms with Crippen LogP contribution in [0.15, 0.2) is 54.9 Å². The van der Waals surface area contributed by atoms with Crippen LogP contribution in [-0.4, -0.2) is 102 Å². The number of fused-ring (bicyclic) bond motifs is 1. The molecule has 13 nitrogen and oxygen atoms in total. The quantitative estimate of drug-likeness (QED) is 0.195. The van der Waals surface area contributed by atoms with Crippen LogP contribution in [0.25, 0.3) is 0 Å². The Balaban J connectivity index is 1.79. The number of carbonyl (C=O) groups is 4. The predicted octanol–water partition coefficient (Wildman–Crippen LogP) is 3.42. The van der Waals surface area contributed by atoms with Gasteiger partial charge in [-0.25, -0.2) is 8.42 Å². The molecule has 1 saturated heterocycles. The molecule has 1 saturated carbocycles. The molecule has 4 rings (SSSR count). The lowest BCUT2D eigenvalue weighted by atomic mass is 9.72. The van der Waals surface area contributed by atoms with Gasteiger partial charge in [-0.1, -0.05) is 63.4 Å². The van der Waals surface area contributed by atoms with E-state index in [4.69, 9.17) is 10.5 Å². The summed E-state index contributed by atoms with van der Waals surface area (Å²) in [4.78, 5) is 61.9. The lowest BCUT2D eigenvalue weighted by Crippen LogP contribution is -2.64. The lowest BCUT2D eigenvalue weighted by molar-refractivity contribution is -0.157. The van der Waals surface area contributed by atoms with Crippen molar-refractivity contribution in [3.63, 3.8) is 0 Å². The molecule has 55 heavy (non-hydrogen) atoms. The number of nitrogens with zero attached hydrogens (tertiary/aromatic N) is 2. The van der Waals surface area contributed by atoms with Crippen LogP contribution in [0.5, 0.6) is 0 Å². The lowest BCUT2D eigenvalue weighted by Gasteiger charge is -2.47. The molecule has 7 atom stereocenters. The molecule has 1 aromatic carbocycles. The van der Waals surface area contributed by atoms with E-state index >= 15 is 0 Å². The molecule has 2 fully saturated rings. The van der Waals surface area contributed by atoms with Crippen molar-refractivity contribution in [2.45, 2.75) is 128 Å². The monoisotopic (exact) mass is 782 g/mol. The summed E-state index contributed by atoms with van der Waals surface area (Å²) in [6.45, 7) is 12.9. The minimum atomic E-state index is -3.94. The Morgan fingerprint density at radius 3 is 2.20 bits per heavy atom. The number of ether oxygens (including phenoxy) is 1. The number of rotatable bonds is 15. The minimum absolute atomic E-state index is 0.0992. The molecule has 1 aromatic heterocycles. The molecule has 304 valence electrons. The molecule has 1 aliphatic carbocycles. The van der Waals surface area contributed by atoms with E-state index in [9.17, 15) is 27.6 Å². The highest BCUT2D eigenvalue weighted by atomic mass is 32.2. The third-order valence-corrected chi connectivity index (χ3v) is 13.3. The van der Waals surface area contributed by atoms with E-state index in [1.54, 1.807) is 6.07 Å². The van der Waals surface area contributed by atoms with Crippen molar-refractivity contribution < 1.29 is 32.3 Å². The van der Waals surface area contributed by atoms with Crippen LogP contribution in [0.2, 0.25) is 0 Å². The van der Waals surface area contributed by atoms with Crippen molar-refractivity contribution in [1.82, 2.24) is 25.8 Å². The maximum atomic E-state index is 14.6. The molecule has 3 amide bonds. The van der Waals surface area contributed by atoms with Gasteiger partial charge in [-0.15, -0.1) is 0 Å². The van der Waals surface area contributed by atoms with Crippen LogP contribution in [0, 0.1) is 17.8 Å². The van der Waals surface area contributed by atoms with E-state index in [1.165, 1.54) is 32.3 Å². The molecule has 0 radical (unpaired) electrons. The summed E-state index contributed by atoms with van der Waals surface area (Å²) in [5, 5.41) is 8.84. The first-order valence-corrected chi connectivity index (χ1v) is 21.3. The third-order valence-electron chi connectivity index (χ3n) is 11.2. The number of esters is 1. The number of amides is 3. The number of benzene rings is 1. The number of carbonyl (C=O) groups excluding carboxylic acids is 4. The summed E-state index contributed by atoms with van der Waals surface area (Å²) in [6, 6.07) is 8.45. The summed E-state index contributed by atoms with van der Waals surface area (Å²) in [5.41, 5.74) is 6.81. The van der Waals surface area contributed by atoms with E-state index in [0.29, 0.717) is 24.8 Å². The van der Waals surface area contributed by atoms with Crippen LogP contribution >= 0.6 is 0 Å². The second-order valence-electron chi connectivity index (χ2n) is 17.3. The molecule has 2 aliphatic rings. The highest BCUT2D eigenvalue weighted by Gasteiger charge is 2.47. The van der Waals surface area contributed by atoms with Crippen molar-refractivity contribution in [3.8, 4) is 0 Å². The molecule has 5 N–H and O–H groups in total. The van der Waals surface area contributed by atoms with Gasteiger partial charge in [0.2, 0.25) is 11.8 Å². The van der Waals surface area contributed by atoms with Gasteiger partial charge in [0.05, 0.1) is 22.4 Å². The van der Waals surface area contributed by atoms with Crippen molar-refractivity contribution in [2.75, 3.05) is 19.3 Å². The highest BCUT2D eigenvalue weighted by molar-refractivity contribution is 7.92. The largest absolute Gasteiger partial charge is 0.458 e.